The molecule has 4 heteroatoms. The third kappa shape index (κ3) is 3.46. The molecule has 0 saturated heterocycles. The van der Waals surface area contributed by atoms with E-state index in [0.29, 0.717) is 0 Å². The van der Waals surface area contributed by atoms with Gasteiger partial charge < -0.3 is 0 Å². The van der Waals surface area contributed by atoms with Gasteiger partial charge in [0.05, 0.1) is 0 Å². The highest BCUT2D eigenvalue weighted by molar-refractivity contribution is 8.76. The number of hydrogen-bond donors (Lipinski definition) is 0. The fraction of sp³-hybridized carbons (Fsp3) is 0.0833. The Bertz CT molecular complexity index is 1130. The van der Waals surface area contributed by atoms with Crippen LogP contribution in [0.15, 0.2) is 82.6 Å². The average molecular weight is 403 g/mol. The Hall–Kier alpha value is -2.56. The summed E-state index contributed by atoms with van der Waals surface area (Å²) in [6.45, 7) is 3.21. The van der Waals surface area contributed by atoms with Gasteiger partial charge in [0, 0.05) is 20.9 Å². The third-order valence-electron chi connectivity index (χ3n) is 4.71. The Morgan fingerprint density at radius 2 is 0.964 bits per heavy atom. The van der Waals surface area contributed by atoms with Crippen molar-refractivity contribution in [2.24, 2.45) is 0 Å². The molecule has 0 amide bonds. The number of carbonyl (C=O) groups is 2. The van der Waals surface area contributed by atoms with Crippen molar-refractivity contribution < 1.29 is 9.59 Å². The van der Waals surface area contributed by atoms with E-state index in [2.05, 4.69) is 0 Å². The maximum Gasteiger partial charge on any atom is 0.161 e. The van der Waals surface area contributed by atoms with Crippen LogP contribution in [0.3, 0.4) is 0 Å². The predicted octanol–water partition coefficient (Wildman–Crippen LogP) is 7.20. The fourth-order valence-electron chi connectivity index (χ4n) is 3.46. The van der Waals surface area contributed by atoms with Crippen LogP contribution in [0.1, 0.15) is 34.6 Å². The summed E-state index contributed by atoms with van der Waals surface area (Å²) in [5.41, 5.74) is 1.47. The lowest BCUT2D eigenvalue weighted by atomic mass is 10.0. The first kappa shape index (κ1) is 18.8. The zero-order valence-corrected chi connectivity index (χ0v) is 17.2. The highest BCUT2D eigenvalue weighted by Gasteiger charge is 2.16. The van der Waals surface area contributed by atoms with Gasteiger partial charge in [0.1, 0.15) is 0 Å². The van der Waals surface area contributed by atoms with Gasteiger partial charge in [0.15, 0.2) is 11.6 Å². The van der Waals surface area contributed by atoms with Crippen molar-refractivity contribution in [1.82, 2.24) is 0 Å². The zero-order valence-electron chi connectivity index (χ0n) is 15.6. The molecule has 0 aliphatic heterocycles. The first-order valence-corrected chi connectivity index (χ1v) is 11.1. The van der Waals surface area contributed by atoms with E-state index < -0.39 is 0 Å². The van der Waals surface area contributed by atoms with Crippen molar-refractivity contribution in [1.29, 1.82) is 0 Å². The number of carbonyl (C=O) groups excluding carboxylic acids is 2. The number of rotatable bonds is 5. The van der Waals surface area contributed by atoms with E-state index in [1.165, 1.54) is 21.6 Å². The number of fused-ring (bicyclic) bond motifs is 2. The molecule has 4 aromatic rings. The summed E-state index contributed by atoms with van der Waals surface area (Å²) in [6, 6.07) is 23.9. The Kier molecular flexibility index (Phi) is 5.25. The molecule has 0 heterocycles. The molecule has 4 aromatic carbocycles. The van der Waals surface area contributed by atoms with Crippen LogP contribution in [0.2, 0.25) is 0 Å². The van der Waals surface area contributed by atoms with Gasteiger partial charge in [0.25, 0.3) is 0 Å². The summed E-state index contributed by atoms with van der Waals surface area (Å²) in [4.78, 5) is 26.6. The smallest absolute Gasteiger partial charge is 0.161 e. The van der Waals surface area contributed by atoms with E-state index in [4.69, 9.17) is 0 Å². The molecule has 0 saturated carbocycles. The highest BCUT2D eigenvalue weighted by atomic mass is 33.1. The molecule has 0 aromatic heterocycles. The SMILES string of the molecule is CC(=O)c1c(SSc2ccc3ccccc3c2C(C)=O)ccc2ccccc12. The maximum absolute atomic E-state index is 12.4. The first-order valence-electron chi connectivity index (χ1n) is 8.96. The normalized spacial score (nSPS) is 11.1. The van der Waals surface area contributed by atoms with E-state index in [9.17, 15) is 9.59 Å². The lowest BCUT2D eigenvalue weighted by Gasteiger charge is -2.12. The van der Waals surface area contributed by atoms with Crippen molar-refractivity contribution in [3.8, 4) is 0 Å². The predicted molar refractivity (Wildman–Crippen MR) is 120 cm³/mol. The second kappa shape index (κ2) is 7.82. The molecular formula is C24H18O2S2. The van der Waals surface area contributed by atoms with Gasteiger partial charge in [0.2, 0.25) is 0 Å². The topological polar surface area (TPSA) is 34.1 Å². The van der Waals surface area contributed by atoms with Crippen molar-refractivity contribution in [3.63, 3.8) is 0 Å². The molecule has 0 spiro atoms. The summed E-state index contributed by atoms with van der Waals surface area (Å²) >= 11 is 0. The summed E-state index contributed by atoms with van der Waals surface area (Å²) in [5, 5.41) is 4.03. The lowest BCUT2D eigenvalue weighted by molar-refractivity contribution is 0.100. The largest absolute Gasteiger partial charge is 0.294 e. The molecule has 0 aliphatic rings. The minimum absolute atomic E-state index is 0.0465. The Morgan fingerprint density at radius 3 is 1.36 bits per heavy atom. The summed E-state index contributed by atoms with van der Waals surface area (Å²) in [6.07, 6.45) is 0. The van der Waals surface area contributed by atoms with E-state index >= 15 is 0 Å². The van der Waals surface area contributed by atoms with E-state index in [1.807, 2.05) is 72.8 Å². The molecule has 138 valence electrons. The fourth-order valence-corrected chi connectivity index (χ4v) is 5.93. The molecular weight excluding hydrogens is 384 g/mol. The standard InChI is InChI=1S/C24H18O2S2/c1-15(25)23-19-9-5-3-7-17(19)11-13-21(23)27-28-22-14-12-18-8-4-6-10-20(18)24(22)16(2)26/h3-14H,1-2H3. The van der Waals surface area contributed by atoms with Gasteiger partial charge in [-0.1, -0.05) is 82.3 Å². The van der Waals surface area contributed by atoms with Gasteiger partial charge >= 0.3 is 0 Å². The van der Waals surface area contributed by atoms with E-state index in [-0.39, 0.29) is 11.6 Å². The van der Waals surface area contributed by atoms with Gasteiger partial charge in [-0.05, 0) is 47.5 Å². The summed E-state index contributed by atoms with van der Waals surface area (Å²) < 4.78 is 0. The second-order valence-corrected chi connectivity index (χ2v) is 8.81. The number of ketones is 2. The van der Waals surface area contributed by atoms with Crippen molar-refractivity contribution in [3.05, 3.63) is 83.9 Å². The minimum atomic E-state index is 0.0465. The van der Waals surface area contributed by atoms with Gasteiger partial charge in [-0.15, -0.1) is 0 Å². The van der Waals surface area contributed by atoms with Crippen LogP contribution in [0, 0.1) is 0 Å². The molecule has 0 radical (unpaired) electrons. The number of Topliss-reactive ketones (excluding diaryl/α,β-unsaturated/α-hetero) is 2. The van der Waals surface area contributed by atoms with Crippen LogP contribution < -0.4 is 0 Å². The van der Waals surface area contributed by atoms with Gasteiger partial charge in [-0.3, -0.25) is 9.59 Å². The quantitative estimate of drug-likeness (QED) is 0.261. The van der Waals surface area contributed by atoms with Crippen LogP contribution in [-0.2, 0) is 0 Å². The van der Waals surface area contributed by atoms with E-state index in [1.54, 1.807) is 13.8 Å². The minimum Gasteiger partial charge on any atom is -0.294 e. The highest BCUT2D eigenvalue weighted by Crippen LogP contribution is 2.43. The van der Waals surface area contributed by atoms with Gasteiger partial charge in [-0.25, -0.2) is 0 Å². The molecule has 4 rings (SSSR count). The lowest BCUT2D eigenvalue weighted by Crippen LogP contribution is -1.98. The second-order valence-electron chi connectivity index (χ2n) is 6.60. The average Bonchev–Trinajstić information content (AvgIpc) is 2.70. The van der Waals surface area contributed by atoms with Crippen LogP contribution in [-0.4, -0.2) is 11.6 Å². The molecule has 28 heavy (non-hydrogen) atoms. The van der Waals surface area contributed by atoms with Crippen LogP contribution in [0.4, 0.5) is 0 Å². The zero-order chi connectivity index (χ0) is 19.7. The maximum atomic E-state index is 12.4. The Balaban J connectivity index is 1.76. The van der Waals surface area contributed by atoms with Crippen LogP contribution >= 0.6 is 21.6 Å². The van der Waals surface area contributed by atoms with Crippen molar-refractivity contribution >= 4 is 54.7 Å². The molecule has 0 unspecified atom stereocenters. The molecule has 0 atom stereocenters. The molecule has 0 aliphatic carbocycles. The molecule has 0 bridgehead atoms. The number of benzene rings is 4. The summed E-state index contributed by atoms with van der Waals surface area (Å²) in [5.74, 6) is 0.0930. The van der Waals surface area contributed by atoms with Crippen LogP contribution in [0.5, 0.6) is 0 Å². The first-order chi connectivity index (χ1) is 13.6. The number of hydrogen-bond acceptors (Lipinski definition) is 4. The van der Waals surface area contributed by atoms with Crippen LogP contribution in [0.25, 0.3) is 21.5 Å². The van der Waals surface area contributed by atoms with Gasteiger partial charge in [-0.2, -0.15) is 0 Å². The molecule has 0 N–H and O–H groups in total. The van der Waals surface area contributed by atoms with Crippen molar-refractivity contribution in [2.75, 3.05) is 0 Å². The molecule has 2 nitrogen and oxygen atoms in total. The summed E-state index contributed by atoms with van der Waals surface area (Å²) in [7, 11) is 3.05. The third-order valence-corrected chi connectivity index (χ3v) is 7.16. The van der Waals surface area contributed by atoms with Crippen molar-refractivity contribution in [2.45, 2.75) is 23.6 Å². The monoisotopic (exact) mass is 402 g/mol. The Morgan fingerprint density at radius 1 is 0.571 bits per heavy atom. The Labute approximate surface area is 171 Å². The molecule has 0 fully saturated rings. The van der Waals surface area contributed by atoms with E-state index in [0.717, 1.165) is 42.5 Å².